The number of hydrogen-bond acceptors (Lipinski definition) is 4. The minimum absolute atomic E-state index is 0.105. The van der Waals surface area contributed by atoms with Crippen molar-refractivity contribution >= 4 is 21.6 Å². The van der Waals surface area contributed by atoms with Gasteiger partial charge in [0, 0.05) is 11.5 Å². The lowest BCUT2D eigenvalue weighted by molar-refractivity contribution is 0.494. The van der Waals surface area contributed by atoms with Gasteiger partial charge in [0.25, 0.3) is 0 Å². The lowest BCUT2D eigenvalue weighted by atomic mass is 10.00. The van der Waals surface area contributed by atoms with Crippen molar-refractivity contribution in [2.24, 2.45) is 11.7 Å². The molecule has 0 heterocycles. The van der Waals surface area contributed by atoms with Crippen molar-refractivity contribution in [2.75, 3.05) is 18.6 Å². The topological polar surface area (TPSA) is 60.2 Å². The van der Waals surface area contributed by atoms with E-state index in [2.05, 4.69) is 6.92 Å². The molecule has 96 valence electrons. The van der Waals surface area contributed by atoms with Crippen LogP contribution in [0.3, 0.4) is 0 Å². The molecule has 1 aliphatic carbocycles. The summed E-state index contributed by atoms with van der Waals surface area (Å²) < 4.78 is 23.0. The van der Waals surface area contributed by atoms with Gasteiger partial charge in [-0.2, -0.15) is 11.8 Å². The van der Waals surface area contributed by atoms with Crippen molar-refractivity contribution in [3.05, 3.63) is 0 Å². The first-order valence-corrected chi connectivity index (χ1v) is 8.94. The average molecular weight is 265 g/mol. The Balaban J connectivity index is 2.39. The maximum Gasteiger partial charge on any atom is 0.150 e. The van der Waals surface area contributed by atoms with Crippen molar-refractivity contribution in [1.29, 1.82) is 0 Å². The highest BCUT2D eigenvalue weighted by Crippen LogP contribution is 2.32. The lowest BCUT2D eigenvalue weighted by Gasteiger charge is -2.28. The first kappa shape index (κ1) is 14.3. The van der Waals surface area contributed by atoms with Gasteiger partial charge in [-0.3, -0.25) is 0 Å². The van der Waals surface area contributed by atoms with Crippen molar-refractivity contribution in [1.82, 2.24) is 0 Å². The summed E-state index contributed by atoms with van der Waals surface area (Å²) in [6, 6.07) is 0. The summed E-state index contributed by atoms with van der Waals surface area (Å²) in [5.74, 6) is 1.58. The minimum atomic E-state index is -2.84. The van der Waals surface area contributed by atoms with Crippen LogP contribution in [0, 0.1) is 5.92 Å². The fourth-order valence-electron chi connectivity index (χ4n) is 2.01. The normalized spacial score (nSPS) is 28.9. The van der Waals surface area contributed by atoms with Gasteiger partial charge in [-0.05, 0) is 37.5 Å². The van der Waals surface area contributed by atoms with E-state index in [9.17, 15) is 8.42 Å². The summed E-state index contributed by atoms with van der Waals surface area (Å²) in [5, 5.41) is 0.411. The molecule has 3 unspecified atom stereocenters. The van der Waals surface area contributed by atoms with Gasteiger partial charge in [0.05, 0.1) is 5.25 Å². The predicted octanol–water partition coefficient (Wildman–Crippen LogP) is 1.67. The SMILES string of the molecule is CC(CN)CSC1CCCC(S(C)(=O)=O)C1. The third-order valence-electron chi connectivity index (χ3n) is 3.20. The Labute approximate surface area is 103 Å². The maximum atomic E-state index is 11.5. The monoisotopic (exact) mass is 265 g/mol. The summed E-state index contributed by atoms with van der Waals surface area (Å²) in [4.78, 5) is 0. The van der Waals surface area contributed by atoms with Crippen molar-refractivity contribution in [3.8, 4) is 0 Å². The van der Waals surface area contributed by atoms with E-state index in [0.29, 0.717) is 11.2 Å². The molecule has 1 rings (SSSR count). The fraction of sp³-hybridized carbons (Fsp3) is 1.00. The molecule has 0 aliphatic heterocycles. The van der Waals surface area contributed by atoms with Crippen molar-refractivity contribution in [2.45, 2.75) is 43.1 Å². The Hall–Kier alpha value is 0.260. The van der Waals surface area contributed by atoms with Crippen LogP contribution in [0.1, 0.15) is 32.6 Å². The zero-order chi connectivity index (χ0) is 12.2. The van der Waals surface area contributed by atoms with E-state index < -0.39 is 9.84 Å². The second kappa shape index (κ2) is 6.26. The summed E-state index contributed by atoms with van der Waals surface area (Å²) in [7, 11) is -2.84. The molecule has 2 N–H and O–H groups in total. The Morgan fingerprint density at radius 2 is 2.12 bits per heavy atom. The van der Waals surface area contributed by atoms with Gasteiger partial charge in [0.15, 0.2) is 0 Å². The molecule has 0 aromatic heterocycles. The first-order valence-electron chi connectivity index (χ1n) is 5.94. The van der Waals surface area contributed by atoms with Gasteiger partial charge in [0.2, 0.25) is 0 Å². The summed E-state index contributed by atoms with van der Waals surface area (Å²) >= 11 is 1.91. The molecule has 16 heavy (non-hydrogen) atoms. The van der Waals surface area contributed by atoms with Gasteiger partial charge < -0.3 is 5.73 Å². The van der Waals surface area contributed by atoms with Gasteiger partial charge in [0.1, 0.15) is 9.84 Å². The van der Waals surface area contributed by atoms with Crippen LogP contribution < -0.4 is 5.73 Å². The first-order chi connectivity index (χ1) is 7.43. The van der Waals surface area contributed by atoms with Crippen LogP contribution in [-0.4, -0.2) is 37.5 Å². The average Bonchev–Trinajstić information content (AvgIpc) is 2.25. The van der Waals surface area contributed by atoms with Crippen LogP contribution in [0.4, 0.5) is 0 Å². The number of rotatable bonds is 5. The van der Waals surface area contributed by atoms with E-state index in [-0.39, 0.29) is 5.25 Å². The summed E-state index contributed by atoms with van der Waals surface area (Å²) in [6.45, 7) is 2.86. The molecule has 0 aromatic carbocycles. The minimum Gasteiger partial charge on any atom is -0.330 e. The van der Waals surface area contributed by atoms with Crippen LogP contribution in [0.5, 0.6) is 0 Å². The van der Waals surface area contributed by atoms with E-state index in [0.717, 1.165) is 38.0 Å². The summed E-state index contributed by atoms with van der Waals surface area (Å²) in [6.07, 6.45) is 5.26. The zero-order valence-electron chi connectivity index (χ0n) is 10.2. The highest BCUT2D eigenvalue weighted by molar-refractivity contribution is 8.00. The molecule has 1 saturated carbocycles. The lowest BCUT2D eigenvalue weighted by Crippen LogP contribution is -2.29. The van der Waals surface area contributed by atoms with E-state index in [4.69, 9.17) is 5.73 Å². The molecular weight excluding hydrogens is 242 g/mol. The Morgan fingerprint density at radius 3 is 2.69 bits per heavy atom. The molecular formula is C11H23NO2S2. The Bertz CT molecular complexity index is 303. The fourth-order valence-corrected chi connectivity index (χ4v) is 4.75. The van der Waals surface area contributed by atoms with E-state index in [1.165, 1.54) is 6.26 Å². The number of hydrogen-bond donors (Lipinski definition) is 1. The number of sulfone groups is 1. The molecule has 0 saturated heterocycles. The zero-order valence-corrected chi connectivity index (χ0v) is 11.8. The molecule has 0 amide bonds. The van der Waals surface area contributed by atoms with Crippen LogP contribution in [-0.2, 0) is 9.84 Å². The van der Waals surface area contributed by atoms with Crippen LogP contribution in [0.15, 0.2) is 0 Å². The van der Waals surface area contributed by atoms with Crippen LogP contribution in [0.25, 0.3) is 0 Å². The van der Waals surface area contributed by atoms with E-state index in [1.54, 1.807) is 0 Å². The van der Waals surface area contributed by atoms with Crippen LogP contribution in [0.2, 0.25) is 0 Å². The third kappa shape index (κ3) is 4.63. The Kier molecular flexibility index (Phi) is 5.61. The molecule has 0 spiro atoms. The van der Waals surface area contributed by atoms with Gasteiger partial charge >= 0.3 is 0 Å². The van der Waals surface area contributed by atoms with E-state index in [1.807, 2.05) is 11.8 Å². The van der Waals surface area contributed by atoms with Crippen molar-refractivity contribution < 1.29 is 8.42 Å². The molecule has 0 aromatic rings. The second-order valence-electron chi connectivity index (χ2n) is 4.91. The Morgan fingerprint density at radius 1 is 1.44 bits per heavy atom. The van der Waals surface area contributed by atoms with Gasteiger partial charge in [-0.25, -0.2) is 8.42 Å². The summed E-state index contributed by atoms with van der Waals surface area (Å²) in [5.41, 5.74) is 5.57. The maximum absolute atomic E-state index is 11.5. The molecule has 1 fully saturated rings. The third-order valence-corrected chi connectivity index (χ3v) is 6.50. The highest BCUT2D eigenvalue weighted by Gasteiger charge is 2.29. The number of nitrogens with two attached hydrogens (primary N) is 1. The smallest absolute Gasteiger partial charge is 0.150 e. The predicted molar refractivity (Wildman–Crippen MR) is 71.6 cm³/mol. The van der Waals surface area contributed by atoms with Crippen molar-refractivity contribution in [3.63, 3.8) is 0 Å². The molecule has 5 heteroatoms. The largest absolute Gasteiger partial charge is 0.330 e. The molecule has 1 aliphatic rings. The highest BCUT2D eigenvalue weighted by atomic mass is 32.2. The van der Waals surface area contributed by atoms with Gasteiger partial charge in [-0.15, -0.1) is 0 Å². The standard InChI is InChI=1S/C11H23NO2S2/c1-9(7-12)8-15-10-4-3-5-11(6-10)16(2,13)14/h9-11H,3-8,12H2,1-2H3. The molecule has 3 nitrogen and oxygen atoms in total. The van der Waals surface area contributed by atoms with Gasteiger partial charge in [-0.1, -0.05) is 13.3 Å². The molecule has 0 bridgehead atoms. The molecule has 3 atom stereocenters. The van der Waals surface area contributed by atoms with E-state index >= 15 is 0 Å². The number of thioether (sulfide) groups is 1. The van der Waals surface area contributed by atoms with Crippen LogP contribution >= 0.6 is 11.8 Å². The molecule has 0 radical (unpaired) electrons. The second-order valence-corrected chi connectivity index (χ2v) is 8.57. The quantitative estimate of drug-likeness (QED) is 0.821.